The van der Waals surface area contributed by atoms with Crippen molar-refractivity contribution in [3.05, 3.63) is 30.0 Å². The van der Waals surface area contributed by atoms with Gasteiger partial charge in [0.2, 0.25) is 0 Å². The molecule has 2 atom stereocenters. The van der Waals surface area contributed by atoms with Crippen LogP contribution in [0.25, 0.3) is 10.9 Å². The Balaban J connectivity index is 1.85. The third kappa shape index (κ3) is 2.18. The first-order valence-electron chi connectivity index (χ1n) is 6.82. The lowest BCUT2D eigenvalue weighted by atomic mass is 10.1. The number of fused-ring (bicyclic) bond motifs is 1. The summed E-state index contributed by atoms with van der Waals surface area (Å²) in [7, 11) is 0. The van der Waals surface area contributed by atoms with Crippen molar-refractivity contribution in [2.45, 2.75) is 32.2 Å². The molecule has 4 heteroatoms. The minimum Gasteiger partial charge on any atom is -0.399 e. The molecule has 3 rings (SSSR count). The van der Waals surface area contributed by atoms with Gasteiger partial charge in [-0.15, -0.1) is 0 Å². The van der Waals surface area contributed by atoms with Gasteiger partial charge in [0, 0.05) is 28.8 Å². The molecule has 1 heterocycles. The number of H-pyrrole nitrogens is 1. The number of rotatable bonds is 2. The minimum atomic E-state index is 0.00905. The molecule has 1 aromatic carbocycles. The predicted octanol–water partition coefficient (Wildman–Crippen LogP) is 2.67. The van der Waals surface area contributed by atoms with E-state index >= 15 is 0 Å². The molecule has 1 fully saturated rings. The van der Waals surface area contributed by atoms with E-state index in [0.29, 0.717) is 23.2 Å². The number of benzene rings is 1. The molecule has 4 nitrogen and oxygen atoms in total. The fraction of sp³-hybridized carbons (Fsp3) is 0.400. The molecular weight excluding hydrogens is 238 g/mol. The van der Waals surface area contributed by atoms with Gasteiger partial charge < -0.3 is 16.0 Å². The molecule has 2 unspecified atom stereocenters. The summed E-state index contributed by atoms with van der Waals surface area (Å²) in [6, 6.07) is 5.88. The van der Waals surface area contributed by atoms with E-state index in [4.69, 9.17) is 5.73 Å². The number of hydrogen-bond donors (Lipinski definition) is 3. The zero-order chi connectivity index (χ0) is 13.4. The number of nitrogens with two attached hydrogens (primary N) is 1. The summed E-state index contributed by atoms with van der Waals surface area (Å²) >= 11 is 0. The first-order chi connectivity index (χ1) is 9.15. The summed E-state index contributed by atoms with van der Waals surface area (Å²) in [5, 5.41) is 4.08. The molecular formula is C15H19N3O. The monoisotopic (exact) mass is 257 g/mol. The van der Waals surface area contributed by atoms with E-state index in [9.17, 15) is 4.79 Å². The SMILES string of the molecule is CC1CCCC1NC(=O)c1c[nH]c2cc(N)ccc12. The summed E-state index contributed by atoms with van der Waals surface area (Å²) in [5.41, 5.74) is 8.05. The second-order valence-electron chi connectivity index (χ2n) is 5.50. The zero-order valence-corrected chi connectivity index (χ0v) is 11.1. The first kappa shape index (κ1) is 12.1. The Labute approximate surface area is 112 Å². The molecule has 2 aromatic rings. The molecule has 19 heavy (non-hydrogen) atoms. The van der Waals surface area contributed by atoms with Crippen LogP contribution in [0.1, 0.15) is 36.5 Å². The highest BCUT2D eigenvalue weighted by Gasteiger charge is 2.25. The first-order valence-corrected chi connectivity index (χ1v) is 6.82. The smallest absolute Gasteiger partial charge is 0.253 e. The van der Waals surface area contributed by atoms with Gasteiger partial charge >= 0.3 is 0 Å². The summed E-state index contributed by atoms with van der Waals surface area (Å²) in [4.78, 5) is 15.4. The van der Waals surface area contributed by atoms with E-state index in [1.807, 2.05) is 18.2 Å². The van der Waals surface area contributed by atoms with Crippen molar-refractivity contribution in [1.29, 1.82) is 0 Å². The van der Waals surface area contributed by atoms with Crippen molar-refractivity contribution >= 4 is 22.5 Å². The highest BCUT2D eigenvalue weighted by molar-refractivity contribution is 6.07. The van der Waals surface area contributed by atoms with E-state index < -0.39 is 0 Å². The Hall–Kier alpha value is -1.97. The number of aromatic amines is 1. The Morgan fingerprint density at radius 1 is 1.42 bits per heavy atom. The second kappa shape index (κ2) is 4.61. The van der Waals surface area contributed by atoms with E-state index in [-0.39, 0.29) is 5.91 Å². The third-order valence-corrected chi connectivity index (χ3v) is 4.13. The highest BCUT2D eigenvalue weighted by Crippen LogP contribution is 2.26. The van der Waals surface area contributed by atoms with Crippen molar-refractivity contribution in [2.24, 2.45) is 5.92 Å². The van der Waals surface area contributed by atoms with Crippen LogP contribution in [0.3, 0.4) is 0 Å². The van der Waals surface area contributed by atoms with Crippen molar-refractivity contribution < 1.29 is 4.79 Å². The Kier molecular flexibility index (Phi) is 2.93. The number of hydrogen-bond acceptors (Lipinski definition) is 2. The maximum absolute atomic E-state index is 12.3. The molecule has 100 valence electrons. The Bertz CT molecular complexity index is 617. The summed E-state index contributed by atoms with van der Waals surface area (Å²) in [5.74, 6) is 0.583. The zero-order valence-electron chi connectivity index (χ0n) is 11.1. The van der Waals surface area contributed by atoms with Crippen LogP contribution in [0.2, 0.25) is 0 Å². The quantitative estimate of drug-likeness (QED) is 0.724. The molecule has 1 saturated carbocycles. The predicted molar refractivity (Wildman–Crippen MR) is 77.0 cm³/mol. The van der Waals surface area contributed by atoms with Gasteiger partial charge in [0.15, 0.2) is 0 Å². The average molecular weight is 257 g/mol. The van der Waals surface area contributed by atoms with E-state index in [1.54, 1.807) is 6.20 Å². The number of nitrogen functional groups attached to an aromatic ring is 1. The topological polar surface area (TPSA) is 70.9 Å². The maximum Gasteiger partial charge on any atom is 0.253 e. The molecule has 0 aliphatic heterocycles. The standard InChI is InChI=1S/C15H19N3O/c1-9-3-2-4-13(9)18-15(19)12-8-17-14-7-10(16)5-6-11(12)14/h5-9,13,17H,2-4,16H2,1H3,(H,18,19). The Morgan fingerprint density at radius 2 is 2.26 bits per heavy atom. The van der Waals surface area contributed by atoms with Gasteiger partial charge in [-0.25, -0.2) is 0 Å². The van der Waals surface area contributed by atoms with Crippen molar-refractivity contribution in [3.63, 3.8) is 0 Å². The summed E-state index contributed by atoms with van der Waals surface area (Å²) < 4.78 is 0. The highest BCUT2D eigenvalue weighted by atomic mass is 16.1. The molecule has 0 saturated heterocycles. The lowest BCUT2D eigenvalue weighted by Crippen LogP contribution is -2.36. The van der Waals surface area contributed by atoms with E-state index in [2.05, 4.69) is 17.2 Å². The normalized spacial score (nSPS) is 22.8. The lowest BCUT2D eigenvalue weighted by Gasteiger charge is -2.16. The third-order valence-electron chi connectivity index (χ3n) is 4.13. The van der Waals surface area contributed by atoms with Gasteiger partial charge in [-0.1, -0.05) is 13.3 Å². The van der Waals surface area contributed by atoms with Crippen LogP contribution in [-0.2, 0) is 0 Å². The van der Waals surface area contributed by atoms with Gasteiger partial charge in [0.25, 0.3) is 5.91 Å². The number of aromatic nitrogens is 1. The largest absolute Gasteiger partial charge is 0.399 e. The number of anilines is 1. The minimum absolute atomic E-state index is 0.00905. The van der Waals surface area contributed by atoms with Gasteiger partial charge in [-0.2, -0.15) is 0 Å². The number of carbonyl (C=O) groups excluding carboxylic acids is 1. The van der Waals surface area contributed by atoms with Crippen molar-refractivity contribution in [3.8, 4) is 0 Å². The number of carbonyl (C=O) groups is 1. The molecule has 1 aliphatic rings. The van der Waals surface area contributed by atoms with Gasteiger partial charge in [0.1, 0.15) is 0 Å². The Morgan fingerprint density at radius 3 is 3.00 bits per heavy atom. The molecule has 4 N–H and O–H groups in total. The van der Waals surface area contributed by atoms with Crippen LogP contribution >= 0.6 is 0 Å². The lowest BCUT2D eigenvalue weighted by molar-refractivity contribution is 0.0931. The van der Waals surface area contributed by atoms with Crippen molar-refractivity contribution in [2.75, 3.05) is 5.73 Å². The maximum atomic E-state index is 12.3. The summed E-state index contributed by atoms with van der Waals surface area (Å²) in [6.07, 6.45) is 5.26. The van der Waals surface area contributed by atoms with Gasteiger partial charge in [-0.05, 0) is 37.0 Å². The molecule has 0 radical (unpaired) electrons. The van der Waals surface area contributed by atoms with Gasteiger partial charge in [0.05, 0.1) is 5.56 Å². The number of nitrogens with one attached hydrogen (secondary N) is 2. The van der Waals surface area contributed by atoms with Gasteiger partial charge in [-0.3, -0.25) is 4.79 Å². The average Bonchev–Trinajstić information content (AvgIpc) is 2.96. The van der Waals surface area contributed by atoms with Crippen LogP contribution in [0, 0.1) is 5.92 Å². The fourth-order valence-corrected chi connectivity index (χ4v) is 2.94. The number of amides is 1. The molecule has 0 spiro atoms. The van der Waals surface area contributed by atoms with Crippen LogP contribution in [0.5, 0.6) is 0 Å². The molecule has 1 amide bonds. The van der Waals surface area contributed by atoms with Crippen molar-refractivity contribution in [1.82, 2.24) is 10.3 Å². The molecule has 0 bridgehead atoms. The van der Waals surface area contributed by atoms with Crippen LogP contribution in [0.4, 0.5) is 5.69 Å². The van der Waals surface area contributed by atoms with Crippen LogP contribution in [0.15, 0.2) is 24.4 Å². The van der Waals surface area contributed by atoms with E-state index in [0.717, 1.165) is 17.3 Å². The van der Waals surface area contributed by atoms with E-state index in [1.165, 1.54) is 12.8 Å². The molecule has 1 aliphatic carbocycles. The van der Waals surface area contributed by atoms with Crippen LogP contribution < -0.4 is 11.1 Å². The fourth-order valence-electron chi connectivity index (χ4n) is 2.94. The molecule has 1 aromatic heterocycles. The second-order valence-corrected chi connectivity index (χ2v) is 5.50. The summed E-state index contributed by atoms with van der Waals surface area (Å²) in [6.45, 7) is 2.20. The van der Waals surface area contributed by atoms with Crippen LogP contribution in [-0.4, -0.2) is 16.9 Å².